The van der Waals surface area contributed by atoms with Crippen molar-refractivity contribution in [1.29, 1.82) is 0 Å². The molecule has 28 heavy (non-hydrogen) atoms. The number of halogens is 3. The number of carbonyl (C=O) groups is 1. The molecule has 5 nitrogen and oxygen atoms in total. The molecule has 0 bridgehead atoms. The van der Waals surface area contributed by atoms with Crippen LogP contribution >= 0.6 is 0 Å². The van der Waals surface area contributed by atoms with Gasteiger partial charge in [-0.15, -0.1) is 0 Å². The minimum atomic E-state index is -4.45. The molecule has 0 radical (unpaired) electrons. The third-order valence-corrected chi connectivity index (χ3v) is 4.68. The number of alkyl halides is 3. The van der Waals surface area contributed by atoms with Gasteiger partial charge in [-0.1, -0.05) is 6.07 Å². The quantitative estimate of drug-likeness (QED) is 0.668. The maximum Gasteiger partial charge on any atom is 0.416 e. The monoisotopic (exact) mass is 386 g/mol. The molecular formula is C20H17F3N4O. The van der Waals surface area contributed by atoms with E-state index in [0.717, 1.165) is 34.3 Å². The van der Waals surface area contributed by atoms with Crippen LogP contribution in [0.1, 0.15) is 22.4 Å². The molecule has 1 aromatic carbocycles. The lowest BCUT2D eigenvalue weighted by molar-refractivity contribution is -0.137. The fourth-order valence-corrected chi connectivity index (χ4v) is 3.28. The number of anilines is 1. The van der Waals surface area contributed by atoms with E-state index >= 15 is 0 Å². The Morgan fingerprint density at radius 1 is 1.21 bits per heavy atom. The van der Waals surface area contributed by atoms with Gasteiger partial charge in [-0.05, 0) is 48.4 Å². The summed E-state index contributed by atoms with van der Waals surface area (Å²) in [4.78, 5) is 23.0. The number of pyridine rings is 2. The van der Waals surface area contributed by atoms with Crippen molar-refractivity contribution < 1.29 is 18.0 Å². The third-order valence-electron chi connectivity index (χ3n) is 4.68. The van der Waals surface area contributed by atoms with Gasteiger partial charge in [-0.3, -0.25) is 0 Å². The second-order valence-corrected chi connectivity index (χ2v) is 6.83. The van der Waals surface area contributed by atoms with Gasteiger partial charge >= 0.3 is 12.2 Å². The minimum Gasteiger partial charge on any atom is -0.320 e. The third kappa shape index (κ3) is 3.62. The van der Waals surface area contributed by atoms with Crippen molar-refractivity contribution in [2.24, 2.45) is 0 Å². The highest BCUT2D eigenvalue weighted by Crippen LogP contribution is 2.31. The van der Waals surface area contributed by atoms with Crippen LogP contribution in [0.2, 0.25) is 0 Å². The number of nitrogens with zero attached hydrogens (tertiary/aromatic N) is 3. The number of nitrogens with one attached hydrogen (secondary N) is 1. The van der Waals surface area contributed by atoms with Crippen molar-refractivity contribution in [3.05, 3.63) is 65.0 Å². The van der Waals surface area contributed by atoms with E-state index < -0.39 is 17.8 Å². The Morgan fingerprint density at radius 2 is 2.04 bits per heavy atom. The molecule has 0 saturated carbocycles. The molecule has 1 N–H and O–H groups in total. The topological polar surface area (TPSA) is 58.1 Å². The Hall–Kier alpha value is -3.16. The largest absolute Gasteiger partial charge is 0.416 e. The zero-order valence-electron chi connectivity index (χ0n) is 15.0. The summed E-state index contributed by atoms with van der Waals surface area (Å²) >= 11 is 0. The van der Waals surface area contributed by atoms with Gasteiger partial charge in [0, 0.05) is 42.5 Å². The molecule has 3 heterocycles. The van der Waals surface area contributed by atoms with E-state index in [1.165, 1.54) is 12.1 Å². The lowest BCUT2D eigenvalue weighted by Crippen LogP contribution is -2.39. The molecule has 1 aliphatic rings. The molecule has 0 saturated heterocycles. The summed E-state index contributed by atoms with van der Waals surface area (Å²) in [6.45, 7) is 2.72. The van der Waals surface area contributed by atoms with Crippen LogP contribution in [0.15, 0.2) is 42.6 Å². The van der Waals surface area contributed by atoms with Crippen molar-refractivity contribution in [2.75, 3.05) is 11.9 Å². The molecule has 144 valence electrons. The summed E-state index contributed by atoms with van der Waals surface area (Å²) in [6, 6.07) is 8.13. The summed E-state index contributed by atoms with van der Waals surface area (Å²) in [5, 5.41) is 3.46. The molecule has 4 rings (SSSR count). The first-order chi connectivity index (χ1) is 13.3. The molecule has 2 aromatic heterocycles. The average Bonchev–Trinajstić information content (AvgIpc) is 2.65. The SMILES string of the molecule is Cc1cnc2nc3c(cc2c1)CN(C(=O)Nc1cccc(C(F)(F)F)c1)CC3. The zero-order valence-corrected chi connectivity index (χ0v) is 15.0. The molecule has 0 fully saturated rings. The second kappa shape index (κ2) is 6.78. The molecule has 1 aliphatic heterocycles. The minimum absolute atomic E-state index is 0.113. The van der Waals surface area contributed by atoms with Crippen molar-refractivity contribution in [1.82, 2.24) is 14.9 Å². The summed E-state index contributed by atoms with van der Waals surface area (Å²) < 4.78 is 38.5. The van der Waals surface area contributed by atoms with Crippen LogP contribution in [0.3, 0.4) is 0 Å². The predicted octanol–water partition coefficient (Wildman–Crippen LogP) is 4.55. The van der Waals surface area contributed by atoms with E-state index in [4.69, 9.17) is 0 Å². The van der Waals surface area contributed by atoms with Gasteiger partial charge in [-0.25, -0.2) is 14.8 Å². The van der Waals surface area contributed by atoms with Crippen LogP contribution in [0.5, 0.6) is 0 Å². The molecule has 2 amide bonds. The first kappa shape index (κ1) is 18.2. The van der Waals surface area contributed by atoms with Crippen LogP contribution in [0.4, 0.5) is 23.7 Å². The van der Waals surface area contributed by atoms with Crippen molar-refractivity contribution in [3.63, 3.8) is 0 Å². The first-order valence-corrected chi connectivity index (χ1v) is 8.78. The number of aromatic nitrogens is 2. The van der Waals surface area contributed by atoms with Crippen molar-refractivity contribution >= 4 is 22.8 Å². The molecule has 0 unspecified atom stereocenters. The second-order valence-electron chi connectivity index (χ2n) is 6.83. The average molecular weight is 386 g/mol. The predicted molar refractivity (Wildman–Crippen MR) is 98.9 cm³/mol. The van der Waals surface area contributed by atoms with Gasteiger partial charge in [0.2, 0.25) is 0 Å². The molecular weight excluding hydrogens is 369 g/mol. The Balaban J connectivity index is 1.53. The number of fused-ring (bicyclic) bond motifs is 2. The fourth-order valence-electron chi connectivity index (χ4n) is 3.28. The van der Waals surface area contributed by atoms with E-state index in [2.05, 4.69) is 15.3 Å². The van der Waals surface area contributed by atoms with Gasteiger partial charge in [0.15, 0.2) is 5.65 Å². The number of benzene rings is 1. The van der Waals surface area contributed by atoms with E-state index in [1.54, 1.807) is 11.1 Å². The Bertz CT molecular complexity index is 1060. The van der Waals surface area contributed by atoms with E-state index in [-0.39, 0.29) is 5.69 Å². The lowest BCUT2D eigenvalue weighted by atomic mass is 10.0. The number of hydrogen-bond donors (Lipinski definition) is 1. The van der Waals surface area contributed by atoms with Crippen LogP contribution in [-0.2, 0) is 19.1 Å². The first-order valence-electron chi connectivity index (χ1n) is 8.78. The van der Waals surface area contributed by atoms with E-state index in [0.29, 0.717) is 25.2 Å². The number of carbonyl (C=O) groups excluding carboxylic acids is 1. The Labute approximate surface area is 159 Å². The smallest absolute Gasteiger partial charge is 0.320 e. The maximum absolute atomic E-state index is 12.8. The van der Waals surface area contributed by atoms with Crippen molar-refractivity contribution in [3.8, 4) is 0 Å². The standard InChI is InChI=1S/C20H17F3N4O/c1-12-7-13-8-14-11-27(6-5-17(14)26-18(13)24-10-12)19(28)25-16-4-2-3-15(9-16)20(21,22)23/h2-4,7-10H,5-6,11H2,1H3,(H,25,28). The highest BCUT2D eigenvalue weighted by Gasteiger charge is 2.30. The van der Waals surface area contributed by atoms with Crippen LogP contribution in [-0.4, -0.2) is 27.4 Å². The Morgan fingerprint density at radius 3 is 2.82 bits per heavy atom. The fraction of sp³-hybridized carbons (Fsp3) is 0.250. The van der Waals surface area contributed by atoms with E-state index in [1.807, 2.05) is 19.1 Å². The number of aryl methyl sites for hydroxylation is 1. The zero-order chi connectivity index (χ0) is 19.9. The number of hydrogen-bond acceptors (Lipinski definition) is 3. The van der Waals surface area contributed by atoms with Gasteiger partial charge in [0.1, 0.15) is 0 Å². The van der Waals surface area contributed by atoms with Crippen LogP contribution < -0.4 is 5.32 Å². The summed E-state index contributed by atoms with van der Waals surface area (Å²) in [5.41, 5.74) is 2.82. The summed E-state index contributed by atoms with van der Waals surface area (Å²) in [6.07, 6.45) is -2.13. The number of rotatable bonds is 1. The normalized spacial score (nSPS) is 14.1. The molecule has 0 aliphatic carbocycles. The maximum atomic E-state index is 12.8. The van der Waals surface area contributed by atoms with Gasteiger partial charge in [0.25, 0.3) is 0 Å². The molecule has 0 spiro atoms. The number of urea groups is 1. The van der Waals surface area contributed by atoms with Gasteiger partial charge in [-0.2, -0.15) is 13.2 Å². The van der Waals surface area contributed by atoms with Crippen LogP contribution in [0.25, 0.3) is 11.0 Å². The Kier molecular flexibility index (Phi) is 4.41. The van der Waals surface area contributed by atoms with Crippen LogP contribution in [0, 0.1) is 6.92 Å². The summed E-state index contributed by atoms with van der Waals surface area (Å²) in [5.74, 6) is 0. The molecule has 0 atom stereocenters. The van der Waals surface area contributed by atoms with Gasteiger partial charge < -0.3 is 10.2 Å². The van der Waals surface area contributed by atoms with Crippen molar-refractivity contribution in [2.45, 2.75) is 26.1 Å². The molecule has 3 aromatic rings. The number of amides is 2. The molecule has 8 heteroatoms. The lowest BCUT2D eigenvalue weighted by Gasteiger charge is -2.28. The van der Waals surface area contributed by atoms with Gasteiger partial charge in [0.05, 0.1) is 5.56 Å². The highest BCUT2D eigenvalue weighted by molar-refractivity contribution is 5.89. The van der Waals surface area contributed by atoms with E-state index in [9.17, 15) is 18.0 Å². The highest BCUT2D eigenvalue weighted by atomic mass is 19.4. The summed E-state index contributed by atoms with van der Waals surface area (Å²) in [7, 11) is 0.